The van der Waals surface area contributed by atoms with E-state index in [1.165, 1.54) is 15.3 Å². The van der Waals surface area contributed by atoms with Crippen LogP contribution in [0.15, 0.2) is 12.7 Å². The lowest BCUT2D eigenvalue weighted by Crippen LogP contribution is -2.63. The van der Waals surface area contributed by atoms with E-state index in [2.05, 4.69) is 41.1 Å². The molecule has 4 N–H and O–H groups in total. The first-order valence-corrected chi connectivity index (χ1v) is 23.9. The molecule has 0 aromatic carbocycles. The van der Waals surface area contributed by atoms with Gasteiger partial charge in [-0.3, -0.25) is 28.9 Å². The lowest BCUT2D eigenvalue weighted by molar-refractivity contribution is -0.145. The molecule has 0 aromatic rings. The number of nitrogens with one attached hydrogen (secondary N) is 4. The molecule has 7 rings (SSSR count). The Morgan fingerprint density at radius 1 is 0.833 bits per heavy atom. The molecule has 0 aromatic heterocycles. The van der Waals surface area contributed by atoms with Crippen LogP contribution in [0.2, 0.25) is 0 Å². The zero-order valence-electron chi connectivity index (χ0n) is 43.3. The summed E-state index contributed by atoms with van der Waals surface area (Å²) in [7, 11) is -4.18. The highest BCUT2D eigenvalue weighted by molar-refractivity contribution is 7.87. The topological polar surface area (TPSA) is 177 Å². The van der Waals surface area contributed by atoms with Crippen LogP contribution in [0, 0.1) is 33.5 Å². The van der Waals surface area contributed by atoms with Gasteiger partial charge in [0.25, 0.3) is 5.91 Å². The van der Waals surface area contributed by atoms with Crippen LogP contribution in [-0.4, -0.2) is 114 Å². The minimum absolute atomic E-state index is 0.0729. The van der Waals surface area contributed by atoms with Gasteiger partial charge in [0.2, 0.25) is 23.6 Å². The monoisotopic (exact) mass is 863 g/mol. The van der Waals surface area contributed by atoms with Gasteiger partial charge in [-0.2, -0.15) is 12.7 Å². The molecule has 2 spiro atoms. The standard InChI is InChI=1S/C45H73N7O7S/c1-9-31-26-45(31,40(57)49-60(58,59)50-23-15-16-24-50)48-37(54)33-27-44(42(7,8)43(44)21-17-22-43)28-52(33)39(56)35(41(4,5)6)47-38(55)34(30-18-11-10-12-19-30)46-36(53)32-20-13-14-25-51(32)29(2)3/h9,29-35H,1,10-28H2,2-8H3,(H,46,53)(H,47,55)(H,48,54)(H,49,57)/t31-,32+,33+,34?,35-,44-,45-/m1/s1/i2D3,3D3,29D. The quantitative estimate of drug-likeness (QED) is 0.200. The molecule has 3 saturated heterocycles. The third kappa shape index (κ3) is 7.62. The van der Waals surface area contributed by atoms with Crippen molar-refractivity contribution in [2.75, 3.05) is 26.2 Å². The minimum Gasteiger partial charge on any atom is -0.343 e. The predicted molar refractivity (Wildman–Crippen MR) is 229 cm³/mol. The van der Waals surface area contributed by atoms with Crippen LogP contribution < -0.4 is 20.7 Å². The number of nitrogens with zero attached hydrogens (tertiary/aromatic N) is 3. The Morgan fingerprint density at radius 2 is 1.48 bits per heavy atom. The number of carbonyl (C=O) groups excluding carboxylic acids is 5. The molecule has 4 aliphatic carbocycles. The Morgan fingerprint density at radius 3 is 2.05 bits per heavy atom. The van der Waals surface area contributed by atoms with Crippen LogP contribution in [0.3, 0.4) is 0 Å². The van der Waals surface area contributed by atoms with Crippen LogP contribution in [0.25, 0.3) is 0 Å². The Balaban J connectivity index is 1.17. The molecule has 7 atom stereocenters. The lowest BCUT2D eigenvalue weighted by Gasteiger charge is -2.40. The molecule has 5 amide bonds. The summed E-state index contributed by atoms with van der Waals surface area (Å²) < 4.78 is 87.6. The number of carbonyl (C=O) groups is 5. The van der Waals surface area contributed by atoms with E-state index in [-0.39, 0.29) is 55.8 Å². The molecule has 7 aliphatic rings. The first-order valence-electron chi connectivity index (χ1n) is 25.9. The molecule has 3 aliphatic heterocycles. The second kappa shape index (κ2) is 16.3. The fourth-order valence-corrected chi connectivity index (χ4v) is 13.5. The molecular weight excluding hydrogens is 783 g/mol. The molecule has 0 bridgehead atoms. The van der Waals surface area contributed by atoms with E-state index < -0.39 is 106 Å². The maximum Gasteiger partial charge on any atom is 0.303 e. The van der Waals surface area contributed by atoms with Crippen LogP contribution in [0.1, 0.15) is 154 Å². The van der Waals surface area contributed by atoms with Crippen molar-refractivity contribution in [3.8, 4) is 0 Å². The molecule has 14 nitrogen and oxygen atoms in total. The molecular formula is C45H73N7O7S. The summed E-state index contributed by atoms with van der Waals surface area (Å²) in [5, 5.41) is 8.78. The first kappa shape index (κ1) is 36.4. The zero-order chi connectivity index (χ0) is 49.6. The third-order valence-electron chi connectivity index (χ3n) is 16.3. The lowest BCUT2D eigenvalue weighted by atomic mass is 9.73. The van der Waals surface area contributed by atoms with Crippen molar-refractivity contribution < 1.29 is 42.0 Å². The van der Waals surface area contributed by atoms with E-state index in [0.717, 1.165) is 43.4 Å². The van der Waals surface area contributed by atoms with Crippen molar-refractivity contribution >= 4 is 39.7 Å². The van der Waals surface area contributed by atoms with Gasteiger partial charge < -0.3 is 20.9 Å². The van der Waals surface area contributed by atoms with Crippen LogP contribution >= 0.6 is 0 Å². The Bertz CT molecular complexity index is 2090. The summed E-state index contributed by atoms with van der Waals surface area (Å²) in [5.41, 5.74) is -3.35. The number of piperidine rings is 1. The summed E-state index contributed by atoms with van der Waals surface area (Å²) in [5.74, 6) is -4.36. The van der Waals surface area contributed by atoms with Gasteiger partial charge in [0.05, 0.1) is 6.04 Å². The number of rotatable bonds is 13. The molecule has 1 unspecified atom stereocenters. The maximum absolute atomic E-state index is 15.4. The van der Waals surface area contributed by atoms with E-state index >= 15 is 4.79 Å². The molecule has 60 heavy (non-hydrogen) atoms. The van der Waals surface area contributed by atoms with Gasteiger partial charge in [-0.25, -0.2) is 4.72 Å². The molecule has 4 saturated carbocycles. The average Bonchev–Trinajstić information content (AvgIpc) is 3.68. The van der Waals surface area contributed by atoms with Crippen LogP contribution in [0.4, 0.5) is 0 Å². The molecule has 7 fully saturated rings. The highest BCUT2D eigenvalue weighted by Crippen LogP contribution is 2.88. The average molecular weight is 863 g/mol. The van der Waals surface area contributed by atoms with Gasteiger partial charge in [0.15, 0.2) is 0 Å². The van der Waals surface area contributed by atoms with Crippen molar-refractivity contribution in [2.24, 2.45) is 33.5 Å². The van der Waals surface area contributed by atoms with E-state index in [0.29, 0.717) is 44.9 Å². The van der Waals surface area contributed by atoms with E-state index in [1.807, 2.05) is 0 Å². The number of hydrogen-bond acceptors (Lipinski definition) is 8. The summed E-state index contributed by atoms with van der Waals surface area (Å²) in [6.45, 7) is 7.55. The Labute approximate surface area is 368 Å². The fraction of sp³-hybridized carbons (Fsp3) is 0.844. The van der Waals surface area contributed by atoms with Gasteiger partial charge in [0.1, 0.15) is 23.7 Å². The van der Waals surface area contributed by atoms with Crippen LogP contribution in [-0.2, 0) is 34.2 Å². The van der Waals surface area contributed by atoms with Crippen LogP contribution in [0.5, 0.6) is 0 Å². The first-order chi connectivity index (χ1) is 31.0. The van der Waals surface area contributed by atoms with Crippen molar-refractivity contribution in [1.29, 1.82) is 0 Å². The second-order valence-electron chi connectivity index (χ2n) is 20.6. The number of likely N-dealkylation sites (tertiary alicyclic amines) is 2. The number of hydrogen-bond donors (Lipinski definition) is 4. The smallest absolute Gasteiger partial charge is 0.303 e. The van der Waals surface area contributed by atoms with E-state index in [4.69, 9.17) is 9.60 Å². The largest absolute Gasteiger partial charge is 0.343 e. The van der Waals surface area contributed by atoms with Crippen molar-refractivity contribution in [1.82, 2.24) is 34.8 Å². The molecule has 3 heterocycles. The highest BCUT2D eigenvalue weighted by atomic mass is 32.2. The van der Waals surface area contributed by atoms with Gasteiger partial charge in [-0.05, 0) is 107 Å². The summed E-state index contributed by atoms with van der Waals surface area (Å²) >= 11 is 0. The third-order valence-corrected chi connectivity index (χ3v) is 17.8. The second-order valence-corrected chi connectivity index (χ2v) is 22.3. The minimum atomic E-state index is -4.18. The SMILES string of the molecule is [2H]C([2H])([2H])C([2H])(N1CCCC[C@H]1C(=O)NC(C(=O)N[C@H](C(=O)N1C[C@]2(C[C@H]1C(=O)N[C@]1(C(=O)NS(=O)(=O)N3CCCC3)C[C@H]1C=C)C(C)(C)C21CCC1)C(C)(C)C)C1CCCCC1)C([2H])([2H])[2H]. The highest BCUT2D eigenvalue weighted by Gasteiger charge is 2.85. The molecule has 0 radical (unpaired) electrons. The van der Waals surface area contributed by atoms with E-state index in [1.54, 1.807) is 20.8 Å². The van der Waals surface area contributed by atoms with Crippen molar-refractivity contribution in [3.63, 3.8) is 0 Å². The fourth-order valence-electron chi connectivity index (χ4n) is 12.2. The Hall–Kier alpha value is -3.04. The zero-order valence-corrected chi connectivity index (χ0v) is 37.1. The van der Waals surface area contributed by atoms with Gasteiger partial charge in [-0.1, -0.05) is 72.8 Å². The number of amides is 5. The molecule has 336 valence electrons. The van der Waals surface area contributed by atoms with Crippen molar-refractivity contribution in [3.05, 3.63) is 12.7 Å². The van der Waals surface area contributed by atoms with Crippen molar-refractivity contribution in [2.45, 2.75) is 180 Å². The number of fused-ring (bicyclic) bond motifs is 1. The van der Waals surface area contributed by atoms with Gasteiger partial charge in [-0.15, -0.1) is 6.58 Å². The molecule has 15 heteroatoms. The normalized spacial score (nSPS) is 34.9. The summed E-state index contributed by atoms with van der Waals surface area (Å²) in [6, 6.07) is -7.92. The summed E-state index contributed by atoms with van der Waals surface area (Å²) in [6.07, 6.45) is 10.6. The van der Waals surface area contributed by atoms with Gasteiger partial charge >= 0.3 is 10.2 Å². The van der Waals surface area contributed by atoms with Gasteiger partial charge in [0, 0.05) is 46.6 Å². The maximum atomic E-state index is 15.4. The predicted octanol–water partition coefficient (Wildman–Crippen LogP) is 4.16. The Kier molecular flexibility index (Phi) is 9.88. The van der Waals surface area contributed by atoms with E-state index in [9.17, 15) is 27.6 Å². The summed E-state index contributed by atoms with van der Waals surface area (Å²) in [4.78, 5) is 76.0.